The Morgan fingerprint density at radius 1 is 0.913 bits per heavy atom. The summed E-state index contributed by atoms with van der Waals surface area (Å²) in [7, 11) is 2.71. The van der Waals surface area contributed by atoms with E-state index in [4.69, 9.17) is 14.2 Å². The second kappa shape index (κ2) is 7.13. The fraction of sp³-hybridized carbons (Fsp3) is 0.333. The Labute approximate surface area is 135 Å². The molecule has 0 atom stereocenters. The Morgan fingerprint density at radius 2 is 1.48 bits per heavy atom. The van der Waals surface area contributed by atoms with Gasteiger partial charge in [0, 0.05) is 17.6 Å². The van der Waals surface area contributed by atoms with Crippen LogP contribution in [0, 0.1) is 0 Å². The number of allylic oxidation sites excluding steroid dienone is 2. The van der Waals surface area contributed by atoms with Gasteiger partial charge in [0.1, 0.15) is 5.75 Å². The monoisotopic (exact) mass is 316 g/mol. The number of ketones is 2. The molecule has 0 amide bonds. The quantitative estimate of drug-likeness (QED) is 0.755. The third-order valence-corrected chi connectivity index (χ3v) is 3.71. The van der Waals surface area contributed by atoms with Crippen molar-refractivity contribution in [1.82, 2.24) is 0 Å². The van der Waals surface area contributed by atoms with E-state index in [1.165, 1.54) is 14.2 Å². The van der Waals surface area contributed by atoms with Gasteiger partial charge in [0.05, 0.1) is 20.8 Å². The minimum absolute atomic E-state index is 0.0366. The summed E-state index contributed by atoms with van der Waals surface area (Å²) in [6, 6.07) is 7.45. The zero-order valence-corrected chi connectivity index (χ0v) is 13.8. The van der Waals surface area contributed by atoms with Gasteiger partial charge in [-0.15, -0.1) is 0 Å². The molecular formula is C18H20O5. The number of methoxy groups -OCH3 is 2. The van der Waals surface area contributed by atoms with Gasteiger partial charge in [-0.1, -0.05) is 12.1 Å². The van der Waals surface area contributed by atoms with Crippen LogP contribution in [0.25, 0.3) is 0 Å². The maximum absolute atomic E-state index is 12.6. The van der Waals surface area contributed by atoms with Crippen molar-refractivity contribution in [2.75, 3.05) is 20.8 Å². The molecule has 2 rings (SSSR count). The van der Waals surface area contributed by atoms with Crippen molar-refractivity contribution in [3.8, 4) is 5.75 Å². The molecule has 5 nitrogen and oxygen atoms in total. The van der Waals surface area contributed by atoms with Crippen LogP contribution in [0.2, 0.25) is 0 Å². The highest BCUT2D eigenvalue weighted by Crippen LogP contribution is 2.28. The van der Waals surface area contributed by atoms with Crippen LogP contribution >= 0.6 is 0 Å². The Hall–Kier alpha value is -2.56. The van der Waals surface area contributed by atoms with Crippen molar-refractivity contribution in [1.29, 1.82) is 0 Å². The SMILES string of the molecule is CCOc1ccc(CC2=C(C)C(=O)C(OC)=C(OC)C2=O)cc1. The van der Waals surface area contributed by atoms with Gasteiger partial charge in [-0.2, -0.15) is 0 Å². The first kappa shape index (κ1) is 16.8. The molecular weight excluding hydrogens is 296 g/mol. The van der Waals surface area contributed by atoms with E-state index in [0.29, 0.717) is 24.2 Å². The Bertz CT molecular complexity index is 680. The van der Waals surface area contributed by atoms with E-state index >= 15 is 0 Å². The number of hydrogen-bond acceptors (Lipinski definition) is 5. The van der Waals surface area contributed by atoms with E-state index in [2.05, 4.69) is 0 Å². The second-order valence-electron chi connectivity index (χ2n) is 5.08. The van der Waals surface area contributed by atoms with Gasteiger partial charge >= 0.3 is 0 Å². The highest BCUT2D eigenvalue weighted by atomic mass is 16.5. The number of carbonyl (C=O) groups is 2. The minimum atomic E-state index is -0.315. The molecule has 0 saturated heterocycles. The maximum atomic E-state index is 12.6. The first-order valence-corrected chi connectivity index (χ1v) is 7.36. The van der Waals surface area contributed by atoms with E-state index in [9.17, 15) is 9.59 Å². The second-order valence-corrected chi connectivity index (χ2v) is 5.08. The largest absolute Gasteiger partial charge is 0.494 e. The molecule has 1 aromatic rings. The molecule has 5 heteroatoms. The predicted octanol–water partition coefficient (Wildman–Crippen LogP) is 2.60. The molecule has 23 heavy (non-hydrogen) atoms. The van der Waals surface area contributed by atoms with Crippen LogP contribution < -0.4 is 4.74 Å². The summed E-state index contributed by atoms with van der Waals surface area (Å²) < 4.78 is 15.5. The summed E-state index contributed by atoms with van der Waals surface area (Å²) in [5, 5.41) is 0. The molecule has 0 spiro atoms. The van der Waals surface area contributed by atoms with Crippen molar-refractivity contribution >= 4 is 11.6 Å². The predicted molar refractivity (Wildman–Crippen MR) is 85.1 cm³/mol. The molecule has 0 aromatic heterocycles. The zero-order chi connectivity index (χ0) is 17.0. The van der Waals surface area contributed by atoms with Crippen LogP contribution in [0.1, 0.15) is 19.4 Å². The highest BCUT2D eigenvalue weighted by molar-refractivity contribution is 6.23. The van der Waals surface area contributed by atoms with E-state index in [1.54, 1.807) is 6.92 Å². The number of benzene rings is 1. The number of hydrogen-bond donors (Lipinski definition) is 0. The topological polar surface area (TPSA) is 61.8 Å². The van der Waals surface area contributed by atoms with Crippen LogP contribution in [0.15, 0.2) is 46.9 Å². The molecule has 0 saturated carbocycles. The van der Waals surface area contributed by atoms with Gasteiger partial charge < -0.3 is 14.2 Å². The summed E-state index contributed by atoms with van der Waals surface area (Å²) in [6.45, 7) is 4.15. The van der Waals surface area contributed by atoms with Crippen LogP contribution in [0.3, 0.4) is 0 Å². The summed E-state index contributed by atoms with van der Waals surface area (Å²) in [5.74, 6) is 0.0712. The number of carbonyl (C=O) groups excluding carboxylic acids is 2. The standard InChI is InChI=1S/C18H20O5/c1-5-23-13-8-6-12(7-9-13)10-14-11(2)15(19)17(21-3)18(22-4)16(14)20/h6-9H,5,10H2,1-4H3. The number of Topliss-reactive ketones (excluding diaryl/α,β-unsaturated/α-hetero) is 2. The minimum Gasteiger partial charge on any atom is -0.494 e. The Balaban J connectivity index is 2.30. The van der Waals surface area contributed by atoms with Gasteiger partial charge in [-0.3, -0.25) is 9.59 Å². The maximum Gasteiger partial charge on any atom is 0.228 e. The smallest absolute Gasteiger partial charge is 0.228 e. The molecule has 0 heterocycles. The van der Waals surface area contributed by atoms with Crippen LogP contribution in [0.4, 0.5) is 0 Å². The van der Waals surface area contributed by atoms with E-state index in [-0.39, 0.29) is 23.1 Å². The molecule has 1 aliphatic carbocycles. The van der Waals surface area contributed by atoms with Crippen LogP contribution in [-0.4, -0.2) is 32.4 Å². The highest BCUT2D eigenvalue weighted by Gasteiger charge is 2.34. The zero-order valence-electron chi connectivity index (χ0n) is 13.8. The molecule has 0 bridgehead atoms. The summed E-state index contributed by atoms with van der Waals surface area (Å²) in [5.41, 5.74) is 1.73. The summed E-state index contributed by atoms with van der Waals surface area (Å²) in [6.07, 6.45) is 0.354. The molecule has 0 N–H and O–H groups in total. The first-order valence-electron chi connectivity index (χ1n) is 7.36. The van der Waals surface area contributed by atoms with E-state index in [0.717, 1.165) is 11.3 Å². The molecule has 1 aliphatic rings. The van der Waals surface area contributed by atoms with Gasteiger partial charge in [0.2, 0.25) is 23.1 Å². The van der Waals surface area contributed by atoms with Crippen molar-refractivity contribution in [2.24, 2.45) is 0 Å². The normalized spacial score (nSPS) is 15.1. The molecule has 0 radical (unpaired) electrons. The van der Waals surface area contributed by atoms with E-state index in [1.807, 2.05) is 31.2 Å². The Morgan fingerprint density at radius 3 is 2.00 bits per heavy atom. The molecule has 0 aliphatic heterocycles. The lowest BCUT2D eigenvalue weighted by atomic mass is 9.89. The lowest BCUT2D eigenvalue weighted by molar-refractivity contribution is -0.121. The molecule has 122 valence electrons. The average molecular weight is 316 g/mol. The number of rotatable bonds is 6. The van der Waals surface area contributed by atoms with E-state index < -0.39 is 0 Å². The number of ether oxygens (including phenoxy) is 3. The summed E-state index contributed by atoms with van der Waals surface area (Å²) >= 11 is 0. The van der Waals surface area contributed by atoms with Crippen molar-refractivity contribution in [3.63, 3.8) is 0 Å². The molecule has 1 aromatic carbocycles. The molecule has 0 fully saturated rings. The van der Waals surface area contributed by atoms with Gasteiger partial charge in [-0.05, 0) is 31.5 Å². The fourth-order valence-electron chi connectivity index (χ4n) is 2.48. The van der Waals surface area contributed by atoms with Crippen molar-refractivity contribution in [2.45, 2.75) is 20.3 Å². The van der Waals surface area contributed by atoms with Crippen LogP contribution in [-0.2, 0) is 25.5 Å². The molecule has 0 unspecified atom stereocenters. The Kier molecular flexibility index (Phi) is 5.21. The fourth-order valence-corrected chi connectivity index (χ4v) is 2.48. The lowest BCUT2D eigenvalue weighted by Crippen LogP contribution is -2.25. The van der Waals surface area contributed by atoms with Gasteiger partial charge in [-0.25, -0.2) is 0 Å². The van der Waals surface area contributed by atoms with Crippen molar-refractivity contribution in [3.05, 3.63) is 52.5 Å². The lowest BCUT2D eigenvalue weighted by Gasteiger charge is -2.20. The van der Waals surface area contributed by atoms with Crippen molar-refractivity contribution < 1.29 is 23.8 Å². The third-order valence-electron chi connectivity index (χ3n) is 3.71. The van der Waals surface area contributed by atoms with Gasteiger partial charge in [0.15, 0.2) is 0 Å². The average Bonchev–Trinajstić information content (AvgIpc) is 2.56. The first-order chi connectivity index (χ1) is 11.0. The van der Waals surface area contributed by atoms with Gasteiger partial charge in [0.25, 0.3) is 0 Å². The third kappa shape index (κ3) is 3.28. The summed E-state index contributed by atoms with van der Waals surface area (Å²) in [4.78, 5) is 24.9. The van der Waals surface area contributed by atoms with Crippen LogP contribution in [0.5, 0.6) is 5.75 Å².